The molecule has 1 fully saturated rings. The molecule has 90 valence electrons. The quantitative estimate of drug-likeness (QED) is 0.849. The molecule has 0 radical (unpaired) electrons. The molecule has 0 bridgehead atoms. The fourth-order valence-electron chi connectivity index (χ4n) is 2.90. The number of rotatable bonds is 1. The van der Waals surface area contributed by atoms with Crippen molar-refractivity contribution in [2.24, 2.45) is 0 Å². The fraction of sp³-hybridized carbons (Fsp3) is 0.429. The van der Waals surface area contributed by atoms with Gasteiger partial charge in [0.25, 0.3) is 0 Å². The van der Waals surface area contributed by atoms with Crippen LogP contribution in [0.15, 0.2) is 28.7 Å². The number of piperidine rings is 1. The number of hydrogen-bond donors (Lipinski definition) is 1. The molecule has 17 heavy (non-hydrogen) atoms. The molecule has 0 amide bonds. The summed E-state index contributed by atoms with van der Waals surface area (Å²) in [5, 5.41) is 4.77. The Morgan fingerprint density at radius 1 is 1.29 bits per heavy atom. The van der Waals surface area contributed by atoms with Crippen LogP contribution in [0.4, 0.5) is 0 Å². The lowest BCUT2D eigenvalue weighted by Gasteiger charge is -2.26. The van der Waals surface area contributed by atoms with E-state index in [1.54, 1.807) is 0 Å². The molecule has 0 aliphatic carbocycles. The Kier molecular flexibility index (Phi) is 2.97. The molecule has 1 aliphatic rings. The van der Waals surface area contributed by atoms with Gasteiger partial charge in [0, 0.05) is 27.1 Å². The van der Waals surface area contributed by atoms with Gasteiger partial charge in [-0.25, -0.2) is 0 Å². The van der Waals surface area contributed by atoms with E-state index in [-0.39, 0.29) is 0 Å². The predicted molar refractivity (Wildman–Crippen MR) is 75.5 cm³/mol. The average molecular weight is 293 g/mol. The second kappa shape index (κ2) is 4.46. The summed E-state index contributed by atoms with van der Waals surface area (Å²) < 4.78 is 3.71. The Bertz CT molecular complexity index is 538. The summed E-state index contributed by atoms with van der Waals surface area (Å²) in [6.07, 6.45) is 2.47. The lowest BCUT2D eigenvalue weighted by molar-refractivity contribution is 0.372. The second-order valence-electron chi connectivity index (χ2n) is 4.81. The van der Waals surface area contributed by atoms with Gasteiger partial charge in [0.05, 0.1) is 0 Å². The summed E-state index contributed by atoms with van der Waals surface area (Å²) >= 11 is 3.64. The molecule has 0 spiro atoms. The number of halogens is 1. The number of aromatic nitrogens is 1. The number of nitrogens with one attached hydrogen (secondary N) is 1. The first kappa shape index (κ1) is 11.3. The van der Waals surface area contributed by atoms with Gasteiger partial charge >= 0.3 is 0 Å². The van der Waals surface area contributed by atoms with Crippen molar-refractivity contribution in [2.75, 3.05) is 13.1 Å². The Hall–Kier alpha value is -0.800. The highest BCUT2D eigenvalue weighted by Crippen LogP contribution is 2.32. The van der Waals surface area contributed by atoms with E-state index < -0.39 is 0 Å². The molecule has 0 unspecified atom stereocenters. The van der Waals surface area contributed by atoms with Crippen molar-refractivity contribution >= 4 is 26.8 Å². The minimum atomic E-state index is 0.656. The summed E-state index contributed by atoms with van der Waals surface area (Å²) in [5.41, 5.74) is 2.74. The van der Waals surface area contributed by atoms with Crippen LogP contribution in [0.3, 0.4) is 0 Å². The molecular weight excluding hydrogens is 276 g/mol. The fourth-order valence-corrected chi connectivity index (χ4v) is 3.37. The third-order valence-electron chi connectivity index (χ3n) is 3.70. The third-order valence-corrected chi connectivity index (χ3v) is 4.39. The van der Waals surface area contributed by atoms with Crippen LogP contribution >= 0.6 is 15.9 Å². The second-order valence-corrected chi connectivity index (χ2v) is 5.66. The first-order valence-corrected chi connectivity index (χ1v) is 7.03. The van der Waals surface area contributed by atoms with Gasteiger partial charge in [0.2, 0.25) is 0 Å². The molecule has 2 aromatic rings. The van der Waals surface area contributed by atoms with Crippen LogP contribution in [0.25, 0.3) is 10.9 Å². The van der Waals surface area contributed by atoms with Crippen molar-refractivity contribution < 1.29 is 0 Å². The smallest absolute Gasteiger partial charge is 0.0496 e. The molecule has 0 saturated carbocycles. The molecule has 1 N–H and O–H groups in total. The van der Waals surface area contributed by atoms with Crippen molar-refractivity contribution in [2.45, 2.75) is 25.8 Å². The number of benzene rings is 1. The highest BCUT2D eigenvalue weighted by molar-refractivity contribution is 9.10. The zero-order valence-electron chi connectivity index (χ0n) is 10.0. The summed E-state index contributed by atoms with van der Waals surface area (Å²) in [6.45, 7) is 4.49. The Labute approximate surface area is 110 Å². The van der Waals surface area contributed by atoms with Crippen molar-refractivity contribution in [1.82, 2.24) is 9.88 Å². The molecule has 3 rings (SSSR count). The van der Waals surface area contributed by atoms with E-state index in [4.69, 9.17) is 0 Å². The van der Waals surface area contributed by atoms with Crippen LogP contribution in [0.1, 0.15) is 24.6 Å². The molecule has 2 nitrogen and oxygen atoms in total. The first-order valence-electron chi connectivity index (χ1n) is 6.24. The third kappa shape index (κ3) is 1.91. The van der Waals surface area contributed by atoms with Crippen molar-refractivity contribution in [1.29, 1.82) is 0 Å². The van der Waals surface area contributed by atoms with Gasteiger partial charge in [-0.3, -0.25) is 0 Å². The van der Waals surface area contributed by atoms with Gasteiger partial charge in [-0.05, 0) is 51.1 Å². The Morgan fingerprint density at radius 3 is 2.82 bits per heavy atom. The van der Waals surface area contributed by atoms with Crippen LogP contribution < -0.4 is 5.32 Å². The minimum Gasteiger partial charge on any atom is -0.342 e. The number of fused-ring (bicyclic) bond motifs is 1. The van der Waals surface area contributed by atoms with Crippen LogP contribution in [-0.4, -0.2) is 17.7 Å². The van der Waals surface area contributed by atoms with Gasteiger partial charge in [-0.1, -0.05) is 22.0 Å². The maximum absolute atomic E-state index is 3.64. The zero-order valence-corrected chi connectivity index (χ0v) is 11.6. The van der Waals surface area contributed by atoms with Gasteiger partial charge in [0.1, 0.15) is 0 Å². The van der Waals surface area contributed by atoms with Crippen molar-refractivity contribution in [3.63, 3.8) is 0 Å². The van der Waals surface area contributed by atoms with Gasteiger partial charge in [-0.2, -0.15) is 0 Å². The van der Waals surface area contributed by atoms with Gasteiger partial charge in [-0.15, -0.1) is 0 Å². The first-order chi connectivity index (χ1) is 8.27. The van der Waals surface area contributed by atoms with E-state index in [0.717, 1.165) is 13.1 Å². The Balaban J connectivity index is 2.14. The van der Waals surface area contributed by atoms with Crippen LogP contribution in [-0.2, 0) is 0 Å². The van der Waals surface area contributed by atoms with Gasteiger partial charge < -0.3 is 9.88 Å². The molecule has 1 saturated heterocycles. The lowest BCUT2D eigenvalue weighted by atomic mass is 10.1. The van der Waals surface area contributed by atoms with Crippen LogP contribution in [0.5, 0.6) is 0 Å². The van der Waals surface area contributed by atoms with E-state index in [1.165, 1.54) is 33.9 Å². The molecule has 1 aromatic carbocycles. The molecular formula is C14H17BrN2. The maximum Gasteiger partial charge on any atom is 0.0496 e. The minimum absolute atomic E-state index is 0.656. The normalized spacial score (nSPS) is 17.8. The zero-order chi connectivity index (χ0) is 11.8. The van der Waals surface area contributed by atoms with E-state index in [9.17, 15) is 0 Å². The predicted octanol–water partition coefficient (Wildman–Crippen LogP) is 3.64. The highest BCUT2D eigenvalue weighted by Gasteiger charge is 2.18. The standard InChI is InChI=1S/C14H17BrN2/c1-10-9-12-13(15)3-2-4-14(12)17(10)11-5-7-16-8-6-11/h2-4,9,11,16H,5-8H2,1H3. The molecule has 1 aliphatic heterocycles. The van der Waals surface area contributed by atoms with Gasteiger partial charge in [0.15, 0.2) is 0 Å². The monoisotopic (exact) mass is 292 g/mol. The lowest BCUT2D eigenvalue weighted by Crippen LogP contribution is -2.29. The number of nitrogens with zero attached hydrogens (tertiary/aromatic N) is 1. The van der Waals surface area contributed by atoms with Crippen LogP contribution in [0, 0.1) is 6.92 Å². The summed E-state index contributed by atoms with van der Waals surface area (Å²) in [7, 11) is 0. The van der Waals surface area contributed by atoms with Crippen LogP contribution in [0.2, 0.25) is 0 Å². The molecule has 0 atom stereocenters. The topological polar surface area (TPSA) is 17.0 Å². The summed E-state index contributed by atoms with van der Waals surface area (Å²) in [5.74, 6) is 0. The van der Waals surface area contributed by atoms with Crippen molar-refractivity contribution in [3.05, 3.63) is 34.4 Å². The van der Waals surface area contributed by atoms with E-state index in [1.807, 2.05) is 0 Å². The molecule has 1 aromatic heterocycles. The summed E-state index contributed by atoms with van der Waals surface area (Å²) in [6, 6.07) is 9.43. The SMILES string of the molecule is Cc1cc2c(Br)cccc2n1C1CCNCC1. The average Bonchev–Trinajstić information content (AvgIpc) is 2.68. The Morgan fingerprint density at radius 2 is 2.06 bits per heavy atom. The van der Waals surface area contributed by atoms with E-state index >= 15 is 0 Å². The highest BCUT2D eigenvalue weighted by atomic mass is 79.9. The number of hydrogen-bond acceptors (Lipinski definition) is 1. The van der Waals surface area contributed by atoms with E-state index in [0.29, 0.717) is 6.04 Å². The largest absolute Gasteiger partial charge is 0.342 e. The maximum atomic E-state index is 3.64. The summed E-state index contributed by atoms with van der Waals surface area (Å²) in [4.78, 5) is 0. The van der Waals surface area contributed by atoms with Crippen molar-refractivity contribution in [3.8, 4) is 0 Å². The molecule has 2 heterocycles. The number of aryl methyl sites for hydroxylation is 1. The molecule has 3 heteroatoms. The van der Waals surface area contributed by atoms with E-state index in [2.05, 4.69) is 57.0 Å².